The van der Waals surface area contributed by atoms with E-state index in [0.29, 0.717) is 10.9 Å². The van der Waals surface area contributed by atoms with Crippen LogP contribution in [-0.2, 0) is 13.5 Å². The number of hydrogen-bond donors (Lipinski definition) is 2. The van der Waals surface area contributed by atoms with Crippen molar-refractivity contribution in [1.82, 2.24) is 15.0 Å². The molecule has 1 atom stereocenters. The number of halogens is 2. The molecule has 18 heavy (non-hydrogen) atoms. The third kappa shape index (κ3) is 2.60. The molecule has 6 heteroatoms. The van der Waals surface area contributed by atoms with Crippen LogP contribution in [0, 0.1) is 5.82 Å². The summed E-state index contributed by atoms with van der Waals surface area (Å²) >= 11 is 3.25. The average Bonchev–Trinajstić information content (AvgIpc) is 2.77. The van der Waals surface area contributed by atoms with Gasteiger partial charge in [0.2, 0.25) is 0 Å². The molecule has 96 valence electrons. The highest BCUT2D eigenvalue weighted by molar-refractivity contribution is 9.10. The van der Waals surface area contributed by atoms with Crippen molar-refractivity contribution >= 4 is 15.9 Å². The lowest BCUT2D eigenvalue weighted by Crippen LogP contribution is -2.31. The van der Waals surface area contributed by atoms with E-state index >= 15 is 0 Å². The fourth-order valence-electron chi connectivity index (χ4n) is 1.88. The molecule has 0 aliphatic carbocycles. The highest BCUT2D eigenvalue weighted by atomic mass is 79.9. The van der Waals surface area contributed by atoms with Gasteiger partial charge in [-0.05, 0) is 34.0 Å². The van der Waals surface area contributed by atoms with Crippen LogP contribution in [-0.4, -0.2) is 9.55 Å². The van der Waals surface area contributed by atoms with Crippen molar-refractivity contribution in [1.29, 1.82) is 0 Å². The maximum atomic E-state index is 13.4. The maximum absolute atomic E-state index is 13.4. The lowest BCUT2D eigenvalue weighted by atomic mass is 10.0. The van der Waals surface area contributed by atoms with E-state index in [1.807, 2.05) is 17.7 Å². The van der Waals surface area contributed by atoms with Crippen molar-refractivity contribution in [3.8, 4) is 0 Å². The van der Waals surface area contributed by atoms with Crippen molar-refractivity contribution in [2.24, 2.45) is 12.9 Å². The topological polar surface area (TPSA) is 55.9 Å². The van der Waals surface area contributed by atoms with E-state index in [1.165, 1.54) is 6.07 Å². The van der Waals surface area contributed by atoms with Gasteiger partial charge in [-0.3, -0.25) is 11.3 Å². The Bertz CT molecular complexity index is 541. The Morgan fingerprint density at radius 1 is 1.56 bits per heavy atom. The summed E-state index contributed by atoms with van der Waals surface area (Å²) in [7, 11) is 1.90. The molecule has 1 unspecified atom stereocenters. The normalized spacial score (nSPS) is 12.7. The largest absolute Gasteiger partial charge is 0.336 e. The van der Waals surface area contributed by atoms with E-state index in [4.69, 9.17) is 5.84 Å². The van der Waals surface area contributed by atoms with Crippen LogP contribution in [0.15, 0.2) is 35.2 Å². The van der Waals surface area contributed by atoms with Crippen LogP contribution in [0.3, 0.4) is 0 Å². The summed E-state index contributed by atoms with van der Waals surface area (Å²) in [6.45, 7) is 0. The summed E-state index contributed by atoms with van der Waals surface area (Å²) in [4.78, 5) is 4.05. The van der Waals surface area contributed by atoms with E-state index in [0.717, 1.165) is 11.3 Å². The molecule has 0 radical (unpaired) electrons. The molecule has 2 rings (SSSR count). The average molecular weight is 313 g/mol. The van der Waals surface area contributed by atoms with Gasteiger partial charge in [-0.15, -0.1) is 0 Å². The molecule has 4 nitrogen and oxygen atoms in total. The Labute approximate surface area is 113 Å². The predicted molar refractivity (Wildman–Crippen MR) is 71.1 cm³/mol. The number of benzene rings is 1. The summed E-state index contributed by atoms with van der Waals surface area (Å²) in [5.74, 6) is 5.30. The number of imidazole rings is 1. The Morgan fingerprint density at radius 3 is 2.94 bits per heavy atom. The quantitative estimate of drug-likeness (QED) is 0.671. The monoisotopic (exact) mass is 312 g/mol. The SMILES string of the molecule is Cn1cncc1C(Cc1cccc(F)c1Br)NN. The standard InChI is InChI=1S/C12H14BrFN4/c1-18-7-16-6-11(18)10(17-15)5-8-3-2-4-9(14)12(8)13/h2-4,6-7,10,17H,5,15H2,1H3. The smallest absolute Gasteiger partial charge is 0.137 e. The number of aromatic nitrogens is 2. The second-order valence-electron chi connectivity index (χ2n) is 4.07. The summed E-state index contributed by atoms with van der Waals surface area (Å²) in [6.07, 6.45) is 4.03. The van der Waals surface area contributed by atoms with E-state index in [-0.39, 0.29) is 11.9 Å². The predicted octanol–water partition coefficient (Wildman–Crippen LogP) is 2.07. The Morgan fingerprint density at radius 2 is 2.33 bits per heavy atom. The summed E-state index contributed by atoms with van der Waals surface area (Å²) < 4.78 is 15.8. The van der Waals surface area contributed by atoms with Gasteiger partial charge < -0.3 is 4.57 Å². The molecule has 3 N–H and O–H groups in total. The van der Waals surface area contributed by atoms with Gasteiger partial charge in [0, 0.05) is 13.2 Å². The van der Waals surface area contributed by atoms with Gasteiger partial charge in [-0.1, -0.05) is 12.1 Å². The lowest BCUT2D eigenvalue weighted by molar-refractivity contribution is 0.518. The van der Waals surface area contributed by atoms with Crippen molar-refractivity contribution in [2.75, 3.05) is 0 Å². The van der Waals surface area contributed by atoms with Crippen LogP contribution in [0.25, 0.3) is 0 Å². The molecular weight excluding hydrogens is 299 g/mol. The molecule has 0 saturated carbocycles. The van der Waals surface area contributed by atoms with Crippen LogP contribution < -0.4 is 11.3 Å². The molecule has 0 aliphatic heterocycles. The van der Waals surface area contributed by atoms with Crippen LogP contribution in [0.5, 0.6) is 0 Å². The molecule has 0 amide bonds. The molecule has 2 aromatic rings. The minimum absolute atomic E-state index is 0.115. The fraction of sp³-hybridized carbons (Fsp3) is 0.250. The van der Waals surface area contributed by atoms with Crippen LogP contribution in [0.1, 0.15) is 17.3 Å². The van der Waals surface area contributed by atoms with Crippen molar-refractivity contribution in [3.63, 3.8) is 0 Å². The fourth-order valence-corrected chi connectivity index (χ4v) is 2.30. The van der Waals surface area contributed by atoms with Crippen LogP contribution in [0.4, 0.5) is 4.39 Å². The van der Waals surface area contributed by atoms with Crippen LogP contribution >= 0.6 is 15.9 Å². The Hall–Kier alpha value is -1.24. The Balaban J connectivity index is 2.26. The molecule has 1 heterocycles. The van der Waals surface area contributed by atoms with Gasteiger partial charge in [0.1, 0.15) is 5.82 Å². The number of rotatable bonds is 4. The number of hydrazine groups is 1. The molecular formula is C12H14BrFN4. The van der Waals surface area contributed by atoms with Gasteiger partial charge >= 0.3 is 0 Å². The number of nitrogens with zero attached hydrogens (tertiary/aromatic N) is 2. The minimum Gasteiger partial charge on any atom is -0.336 e. The molecule has 0 saturated heterocycles. The molecule has 1 aromatic heterocycles. The van der Waals surface area contributed by atoms with E-state index in [2.05, 4.69) is 26.3 Å². The van der Waals surface area contributed by atoms with E-state index < -0.39 is 0 Å². The molecule has 0 spiro atoms. The molecule has 1 aromatic carbocycles. The van der Waals surface area contributed by atoms with E-state index in [9.17, 15) is 4.39 Å². The molecule has 0 bridgehead atoms. The maximum Gasteiger partial charge on any atom is 0.137 e. The summed E-state index contributed by atoms with van der Waals surface area (Å²) in [6, 6.07) is 4.86. The zero-order valence-electron chi connectivity index (χ0n) is 9.90. The van der Waals surface area contributed by atoms with E-state index in [1.54, 1.807) is 18.6 Å². The van der Waals surface area contributed by atoms with Gasteiger partial charge in [0.25, 0.3) is 0 Å². The summed E-state index contributed by atoms with van der Waals surface area (Å²) in [5, 5.41) is 0. The second kappa shape index (κ2) is 5.60. The lowest BCUT2D eigenvalue weighted by Gasteiger charge is -2.17. The third-order valence-electron chi connectivity index (χ3n) is 2.87. The number of nitrogens with two attached hydrogens (primary N) is 1. The molecule has 0 aliphatic rings. The number of hydrogen-bond acceptors (Lipinski definition) is 3. The second-order valence-corrected chi connectivity index (χ2v) is 4.86. The first kappa shape index (κ1) is 13.2. The first-order valence-electron chi connectivity index (χ1n) is 5.48. The minimum atomic E-state index is -0.270. The van der Waals surface area contributed by atoms with Gasteiger partial charge in [0.15, 0.2) is 0 Å². The highest BCUT2D eigenvalue weighted by Crippen LogP contribution is 2.25. The number of aryl methyl sites for hydroxylation is 1. The van der Waals surface area contributed by atoms with Gasteiger partial charge in [-0.2, -0.15) is 0 Å². The highest BCUT2D eigenvalue weighted by Gasteiger charge is 2.16. The van der Waals surface area contributed by atoms with Crippen molar-refractivity contribution in [3.05, 3.63) is 52.3 Å². The van der Waals surface area contributed by atoms with Crippen molar-refractivity contribution in [2.45, 2.75) is 12.5 Å². The first-order valence-corrected chi connectivity index (χ1v) is 6.28. The first-order chi connectivity index (χ1) is 8.63. The van der Waals surface area contributed by atoms with Crippen LogP contribution in [0.2, 0.25) is 0 Å². The Kier molecular flexibility index (Phi) is 4.11. The number of nitrogens with one attached hydrogen (secondary N) is 1. The molecule has 0 fully saturated rings. The summed E-state index contributed by atoms with van der Waals surface area (Å²) in [5.41, 5.74) is 4.55. The third-order valence-corrected chi connectivity index (χ3v) is 3.76. The van der Waals surface area contributed by atoms with Gasteiger partial charge in [-0.25, -0.2) is 9.37 Å². The van der Waals surface area contributed by atoms with Crippen molar-refractivity contribution < 1.29 is 4.39 Å². The van der Waals surface area contributed by atoms with Gasteiger partial charge in [0.05, 0.1) is 22.5 Å². The zero-order chi connectivity index (χ0) is 13.1. The zero-order valence-corrected chi connectivity index (χ0v) is 11.5.